The van der Waals surface area contributed by atoms with Crippen molar-refractivity contribution in [3.05, 3.63) is 33.0 Å². The molecule has 18 heavy (non-hydrogen) atoms. The largest absolute Gasteiger partial charge is 0.312 e. The summed E-state index contributed by atoms with van der Waals surface area (Å²) < 4.78 is 4.11. The number of hydrogen-bond acceptors (Lipinski definition) is 5. The van der Waals surface area contributed by atoms with Crippen LogP contribution in [0.3, 0.4) is 0 Å². The Morgan fingerprint density at radius 1 is 1.39 bits per heavy atom. The van der Waals surface area contributed by atoms with E-state index in [1.807, 2.05) is 18.4 Å². The van der Waals surface area contributed by atoms with Gasteiger partial charge in [0, 0.05) is 10.9 Å². The molecular formula is C13H19N3S2. The summed E-state index contributed by atoms with van der Waals surface area (Å²) >= 11 is 3.36. The minimum absolute atomic E-state index is 0.365. The smallest absolute Gasteiger partial charge is 0.0829 e. The second-order valence-corrected chi connectivity index (χ2v) is 6.45. The third-order valence-electron chi connectivity index (χ3n) is 3.01. The molecule has 0 aliphatic carbocycles. The van der Waals surface area contributed by atoms with Crippen LogP contribution in [0, 0.1) is 0 Å². The highest BCUT2D eigenvalue weighted by molar-refractivity contribution is 7.09. The van der Waals surface area contributed by atoms with Gasteiger partial charge >= 0.3 is 0 Å². The van der Waals surface area contributed by atoms with Gasteiger partial charge in [0.15, 0.2) is 0 Å². The van der Waals surface area contributed by atoms with Gasteiger partial charge in [-0.05, 0) is 48.8 Å². The molecule has 2 aromatic rings. The molecule has 0 amide bonds. The van der Waals surface area contributed by atoms with Gasteiger partial charge < -0.3 is 5.32 Å². The highest BCUT2D eigenvalue weighted by Crippen LogP contribution is 2.29. The fourth-order valence-corrected chi connectivity index (χ4v) is 3.67. The number of rotatable bonds is 6. The van der Waals surface area contributed by atoms with E-state index in [1.54, 1.807) is 0 Å². The molecule has 0 saturated carbocycles. The van der Waals surface area contributed by atoms with Crippen molar-refractivity contribution < 1.29 is 0 Å². The van der Waals surface area contributed by atoms with Crippen molar-refractivity contribution in [2.45, 2.75) is 38.6 Å². The van der Waals surface area contributed by atoms with Gasteiger partial charge in [-0.15, -0.1) is 16.4 Å². The number of aromatic nitrogens is 2. The quantitative estimate of drug-likeness (QED) is 0.879. The second kappa shape index (κ2) is 6.41. The van der Waals surface area contributed by atoms with Crippen molar-refractivity contribution in [1.29, 1.82) is 0 Å². The van der Waals surface area contributed by atoms with Gasteiger partial charge in [-0.25, -0.2) is 0 Å². The van der Waals surface area contributed by atoms with E-state index in [0.717, 1.165) is 18.5 Å². The van der Waals surface area contributed by atoms with Crippen LogP contribution in [0.2, 0.25) is 0 Å². The van der Waals surface area contributed by atoms with E-state index in [9.17, 15) is 0 Å². The van der Waals surface area contributed by atoms with E-state index in [-0.39, 0.29) is 0 Å². The number of hydrogen-bond donors (Lipinski definition) is 1. The summed E-state index contributed by atoms with van der Waals surface area (Å²) in [5.41, 5.74) is 1.14. The molecule has 0 bridgehead atoms. The minimum Gasteiger partial charge on any atom is -0.312 e. The molecule has 1 N–H and O–H groups in total. The molecule has 3 nitrogen and oxygen atoms in total. The molecule has 2 aromatic heterocycles. The maximum Gasteiger partial charge on any atom is 0.0829 e. The number of nitrogens with one attached hydrogen (secondary N) is 1. The third-order valence-corrected chi connectivity index (χ3v) is 4.80. The van der Waals surface area contributed by atoms with E-state index >= 15 is 0 Å². The van der Waals surface area contributed by atoms with Crippen molar-refractivity contribution in [3.8, 4) is 0 Å². The van der Waals surface area contributed by atoms with Crippen LogP contribution in [0.4, 0.5) is 0 Å². The molecule has 5 heteroatoms. The summed E-state index contributed by atoms with van der Waals surface area (Å²) in [6, 6.07) is 4.68. The molecule has 2 heterocycles. The summed E-state index contributed by atoms with van der Waals surface area (Å²) in [6.45, 7) is 4.35. The second-order valence-electron chi connectivity index (χ2n) is 4.64. The molecule has 0 spiro atoms. The highest BCUT2D eigenvalue weighted by Gasteiger charge is 2.19. The average Bonchev–Trinajstić information content (AvgIpc) is 2.99. The van der Waals surface area contributed by atoms with E-state index in [4.69, 9.17) is 0 Å². The van der Waals surface area contributed by atoms with Crippen LogP contribution in [0.25, 0.3) is 0 Å². The molecule has 0 radical (unpaired) electrons. The van der Waals surface area contributed by atoms with Crippen LogP contribution >= 0.6 is 22.9 Å². The standard InChI is InChI=1S/C13H19N3S2/c1-9(2)12-13(18-16-15-12)11(14-3)7-6-10-5-4-8-17-10/h4-5,8-9,11,14H,6-7H2,1-3H3. The molecular weight excluding hydrogens is 262 g/mol. The van der Waals surface area contributed by atoms with Crippen molar-refractivity contribution in [3.63, 3.8) is 0 Å². The van der Waals surface area contributed by atoms with Gasteiger partial charge in [0.05, 0.1) is 10.6 Å². The molecule has 1 unspecified atom stereocenters. The van der Waals surface area contributed by atoms with Crippen molar-refractivity contribution in [1.82, 2.24) is 14.9 Å². The summed E-state index contributed by atoms with van der Waals surface area (Å²) in [4.78, 5) is 2.74. The highest BCUT2D eigenvalue weighted by atomic mass is 32.1. The van der Waals surface area contributed by atoms with Crippen molar-refractivity contribution >= 4 is 22.9 Å². The predicted octanol–water partition coefficient (Wildman–Crippen LogP) is 3.62. The zero-order chi connectivity index (χ0) is 13.0. The van der Waals surface area contributed by atoms with Crippen LogP contribution in [-0.2, 0) is 6.42 Å². The monoisotopic (exact) mass is 281 g/mol. The summed E-state index contributed by atoms with van der Waals surface area (Å²) in [5, 5.41) is 9.79. The zero-order valence-electron chi connectivity index (χ0n) is 11.0. The number of aryl methyl sites for hydroxylation is 1. The van der Waals surface area contributed by atoms with Crippen LogP contribution in [0.1, 0.15) is 47.7 Å². The number of nitrogens with zero attached hydrogens (tertiary/aromatic N) is 2. The van der Waals surface area contributed by atoms with Crippen LogP contribution in [-0.4, -0.2) is 16.6 Å². The van der Waals surface area contributed by atoms with Crippen molar-refractivity contribution in [2.75, 3.05) is 7.05 Å². The van der Waals surface area contributed by atoms with Crippen LogP contribution < -0.4 is 5.32 Å². The normalized spacial score (nSPS) is 13.1. The van der Waals surface area contributed by atoms with Gasteiger partial charge in [-0.3, -0.25) is 0 Å². The van der Waals surface area contributed by atoms with Crippen LogP contribution in [0.5, 0.6) is 0 Å². The first-order chi connectivity index (χ1) is 8.72. The maximum absolute atomic E-state index is 4.26. The predicted molar refractivity (Wildman–Crippen MR) is 78.4 cm³/mol. The van der Waals surface area contributed by atoms with E-state index in [1.165, 1.54) is 21.3 Å². The lowest BCUT2D eigenvalue weighted by Gasteiger charge is -2.15. The molecule has 0 saturated heterocycles. The first-order valence-electron chi connectivity index (χ1n) is 6.24. The Hall–Kier alpha value is -0.780. The Labute approximate surface area is 116 Å². The molecule has 98 valence electrons. The number of thiophene rings is 1. The van der Waals surface area contributed by atoms with E-state index < -0.39 is 0 Å². The summed E-state index contributed by atoms with van der Waals surface area (Å²) in [6.07, 6.45) is 2.21. The fourth-order valence-electron chi connectivity index (χ4n) is 1.99. The molecule has 0 aliphatic rings. The minimum atomic E-state index is 0.365. The SMILES string of the molecule is CNC(CCc1cccs1)c1snnc1C(C)C. The van der Waals surface area contributed by atoms with E-state index in [2.05, 4.69) is 46.3 Å². The molecule has 0 aromatic carbocycles. The molecule has 0 fully saturated rings. The summed E-state index contributed by atoms with van der Waals surface area (Å²) in [7, 11) is 2.02. The lowest BCUT2D eigenvalue weighted by molar-refractivity contribution is 0.550. The molecule has 0 aliphatic heterocycles. The Balaban J connectivity index is 2.06. The topological polar surface area (TPSA) is 37.8 Å². The van der Waals surface area contributed by atoms with Gasteiger partial charge in [-0.1, -0.05) is 24.4 Å². The van der Waals surface area contributed by atoms with Crippen molar-refractivity contribution in [2.24, 2.45) is 0 Å². The molecule has 2 rings (SSSR count). The van der Waals surface area contributed by atoms with Gasteiger partial charge in [0.1, 0.15) is 0 Å². The Bertz CT molecular complexity index is 462. The summed E-state index contributed by atoms with van der Waals surface area (Å²) in [5.74, 6) is 0.441. The third kappa shape index (κ3) is 3.16. The zero-order valence-corrected chi connectivity index (χ0v) is 12.6. The first-order valence-corrected chi connectivity index (χ1v) is 7.89. The van der Waals surface area contributed by atoms with Crippen LogP contribution in [0.15, 0.2) is 17.5 Å². The van der Waals surface area contributed by atoms with Gasteiger partial charge in [0.25, 0.3) is 0 Å². The molecule has 1 atom stereocenters. The Morgan fingerprint density at radius 3 is 2.83 bits per heavy atom. The Morgan fingerprint density at radius 2 is 2.22 bits per heavy atom. The first kappa shape index (κ1) is 13.6. The maximum atomic E-state index is 4.26. The fraction of sp³-hybridized carbons (Fsp3) is 0.538. The van der Waals surface area contributed by atoms with E-state index in [0.29, 0.717) is 12.0 Å². The lowest BCUT2D eigenvalue weighted by Crippen LogP contribution is -2.17. The van der Waals surface area contributed by atoms with Gasteiger partial charge in [0.2, 0.25) is 0 Å². The lowest BCUT2D eigenvalue weighted by atomic mass is 10.0. The Kier molecular flexibility index (Phi) is 4.86. The van der Waals surface area contributed by atoms with Gasteiger partial charge in [-0.2, -0.15) is 0 Å². The average molecular weight is 281 g/mol.